The highest BCUT2D eigenvalue weighted by atomic mass is 32.1. The van der Waals surface area contributed by atoms with Crippen molar-refractivity contribution >= 4 is 54.0 Å². The predicted octanol–water partition coefficient (Wildman–Crippen LogP) is -1.26. The van der Waals surface area contributed by atoms with Crippen LogP contribution in [0.15, 0.2) is 42.9 Å². The molecule has 1 fully saturated rings. The standard InChI is InChI=1S/C43H68N10O10S/c1-26(2)18-32(40(59)49-33(19-29-21-46-25-48-29)41(60)51-34(23-54)42(61)52-37(27(3)55)38(45)57)50-43(62)35-20-30(63-17-11-9-14-28-12-6-4-7-13-28)22-53(35)36(56)15-8-5-10-16-47-39(58)31(44)24-64/h4,6-7,12-13,21,25-27,30-35,37,54-55,64H,5,8-11,14-20,22-24,44H2,1-3H3,(H2,45,57)(H,46,48)(H,47,58)(H,49,59)(H,50,62)(H,51,60)(H,52,61)/t27?,30-,31?,32+,33+,34+,35+,37+/m1/s1. The zero-order valence-electron chi connectivity index (χ0n) is 37.0. The molecule has 1 aliphatic heterocycles. The summed E-state index contributed by atoms with van der Waals surface area (Å²) in [4.78, 5) is 101. The maximum atomic E-state index is 14.2. The number of rotatable bonds is 29. The van der Waals surface area contributed by atoms with Crippen LogP contribution in [-0.2, 0) is 51.1 Å². The molecular weight excluding hydrogens is 849 g/mol. The maximum absolute atomic E-state index is 14.2. The number of nitrogens with zero attached hydrogens (tertiary/aromatic N) is 2. The Morgan fingerprint density at radius 3 is 2.22 bits per heavy atom. The Kier molecular flexibility index (Phi) is 23.3. The topological polar surface area (TPSA) is 313 Å². The second-order valence-corrected chi connectivity index (χ2v) is 16.9. The number of benzene rings is 1. The first-order valence-corrected chi connectivity index (χ1v) is 22.5. The number of aliphatic hydroxyl groups excluding tert-OH is 2. The number of aromatic nitrogens is 2. The van der Waals surface area contributed by atoms with E-state index in [4.69, 9.17) is 16.2 Å². The van der Waals surface area contributed by atoms with Gasteiger partial charge in [-0.3, -0.25) is 33.6 Å². The number of aromatic amines is 1. The van der Waals surface area contributed by atoms with Crippen molar-refractivity contribution in [1.82, 2.24) is 41.5 Å². The molecule has 20 nitrogen and oxygen atoms in total. The number of H-pyrrole nitrogens is 1. The van der Waals surface area contributed by atoms with Crippen LogP contribution >= 0.6 is 12.6 Å². The summed E-state index contributed by atoms with van der Waals surface area (Å²) in [5, 5.41) is 32.7. The molecule has 3 rings (SSSR count). The SMILES string of the molecule is CC(C)C[C@H](NC(=O)[C@@H]1C[C@@H](OCCCCc2ccccc2)CN1C(=O)CCCCCNC(=O)C(N)CS)C(=O)N[C@@H](Cc1cnc[nH]1)C(=O)N[C@@H](CO)C(=O)N[C@H](C(N)=O)C(C)O. The van der Waals surface area contributed by atoms with Crippen LogP contribution in [0.4, 0.5) is 0 Å². The quantitative estimate of drug-likeness (QED) is 0.0337. The fourth-order valence-electron chi connectivity index (χ4n) is 7.13. The molecule has 0 aliphatic carbocycles. The Morgan fingerprint density at radius 2 is 1.59 bits per heavy atom. The Hall–Kier alpha value is -5.09. The first-order chi connectivity index (χ1) is 30.5. The fourth-order valence-corrected chi connectivity index (χ4v) is 7.30. The molecule has 2 heterocycles. The van der Waals surface area contributed by atoms with Gasteiger partial charge >= 0.3 is 0 Å². The van der Waals surface area contributed by atoms with Gasteiger partial charge in [-0.05, 0) is 56.9 Å². The molecule has 8 atom stereocenters. The Balaban J connectivity index is 1.74. The molecule has 0 saturated carbocycles. The number of aryl methyl sites for hydroxylation is 1. The number of hydrogen-bond acceptors (Lipinski definition) is 13. The molecule has 2 unspecified atom stereocenters. The van der Waals surface area contributed by atoms with Gasteiger partial charge in [-0.15, -0.1) is 0 Å². The van der Waals surface area contributed by atoms with E-state index >= 15 is 0 Å². The average molecular weight is 917 g/mol. The van der Waals surface area contributed by atoms with Crippen LogP contribution in [0.25, 0.3) is 0 Å². The number of unbranched alkanes of at least 4 members (excludes halogenated alkanes) is 3. The number of nitrogens with two attached hydrogens (primary N) is 2. The highest BCUT2D eigenvalue weighted by Gasteiger charge is 2.41. The lowest BCUT2D eigenvalue weighted by Gasteiger charge is -2.28. The summed E-state index contributed by atoms with van der Waals surface area (Å²) in [5.74, 6) is -4.68. The van der Waals surface area contributed by atoms with Crippen LogP contribution in [0.2, 0.25) is 0 Å². The van der Waals surface area contributed by atoms with E-state index in [1.165, 1.54) is 29.9 Å². The number of carbonyl (C=O) groups excluding carboxylic acids is 7. The minimum absolute atomic E-state index is 0.114. The monoisotopic (exact) mass is 916 g/mol. The van der Waals surface area contributed by atoms with E-state index in [0.29, 0.717) is 38.1 Å². The van der Waals surface area contributed by atoms with Crippen molar-refractivity contribution in [2.24, 2.45) is 17.4 Å². The zero-order chi connectivity index (χ0) is 47.2. The van der Waals surface area contributed by atoms with Crippen molar-refractivity contribution in [3.05, 3.63) is 54.1 Å². The summed E-state index contributed by atoms with van der Waals surface area (Å²) in [6.45, 7) is 5.03. The number of primary amides is 1. The van der Waals surface area contributed by atoms with Crippen LogP contribution in [0.5, 0.6) is 0 Å². The summed E-state index contributed by atoms with van der Waals surface area (Å²) < 4.78 is 6.22. The van der Waals surface area contributed by atoms with Gasteiger partial charge in [-0.1, -0.05) is 50.6 Å². The number of nitrogens with one attached hydrogen (secondary N) is 6. The van der Waals surface area contributed by atoms with Crippen LogP contribution in [0, 0.1) is 5.92 Å². The van der Waals surface area contributed by atoms with Crippen LogP contribution < -0.4 is 38.1 Å². The van der Waals surface area contributed by atoms with Crippen molar-refractivity contribution in [3.8, 4) is 0 Å². The van der Waals surface area contributed by atoms with E-state index in [1.807, 2.05) is 32.0 Å². The first-order valence-electron chi connectivity index (χ1n) is 21.9. The lowest BCUT2D eigenvalue weighted by molar-refractivity contribution is -0.140. The van der Waals surface area contributed by atoms with E-state index in [-0.39, 0.29) is 55.7 Å². The van der Waals surface area contributed by atoms with E-state index < -0.39 is 84.6 Å². The van der Waals surface area contributed by atoms with Gasteiger partial charge in [0.25, 0.3) is 0 Å². The molecule has 1 aromatic carbocycles. The molecule has 356 valence electrons. The minimum Gasteiger partial charge on any atom is -0.394 e. The maximum Gasteiger partial charge on any atom is 0.245 e. The number of amides is 7. The van der Waals surface area contributed by atoms with Gasteiger partial charge in [0.15, 0.2) is 0 Å². The molecule has 1 aliphatic rings. The predicted molar refractivity (Wildman–Crippen MR) is 240 cm³/mol. The minimum atomic E-state index is -1.60. The largest absolute Gasteiger partial charge is 0.394 e. The highest BCUT2D eigenvalue weighted by molar-refractivity contribution is 7.80. The lowest BCUT2D eigenvalue weighted by Crippen LogP contribution is -2.61. The molecule has 1 aromatic heterocycles. The molecule has 0 bridgehead atoms. The van der Waals surface area contributed by atoms with Gasteiger partial charge in [0.05, 0.1) is 31.2 Å². The molecule has 7 amide bonds. The van der Waals surface area contributed by atoms with Crippen LogP contribution in [-0.4, -0.2) is 147 Å². The van der Waals surface area contributed by atoms with Crippen molar-refractivity contribution in [2.75, 3.05) is 32.1 Å². The molecular formula is C43H68N10O10S. The van der Waals surface area contributed by atoms with Gasteiger partial charge in [0.2, 0.25) is 41.4 Å². The Bertz CT molecular complexity index is 1790. The van der Waals surface area contributed by atoms with E-state index in [1.54, 1.807) is 0 Å². The molecule has 21 heteroatoms. The zero-order valence-corrected chi connectivity index (χ0v) is 37.9. The number of carbonyl (C=O) groups is 7. The molecule has 12 N–H and O–H groups in total. The third kappa shape index (κ3) is 18.2. The third-order valence-electron chi connectivity index (χ3n) is 10.7. The Labute approximate surface area is 379 Å². The molecule has 2 aromatic rings. The van der Waals surface area contributed by atoms with Gasteiger partial charge in [0, 0.05) is 56.6 Å². The number of likely N-dealkylation sites (tertiary alicyclic amines) is 1. The summed E-state index contributed by atoms with van der Waals surface area (Å²) in [6, 6.07) is 2.80. The third-order valence-corrected chi connectivity index (χ3v) is 11.1. The normalized spacial score (nSPS) is 17.7. The summed E-state index contributed by atoms with van der Waals surface area (Å²) >= 11 is 4.04. The van der Waals surface area contributed by atoms with Crippen LogP contribution in [0.1, 0.15) is 83.4 Å². The van der Waals surface area contributed by atoms with Crippen molar-refractivity contribution in [2.45, 2.75) is 133 Å². The van der Waals surface area contributed by atoms with Gasteiger partial charge < -0.3 is 62.9 Å². The Morgan fingerprint density at radius 1 is 0.906 bits per heavy atom. The highest BCUT2D eigenvalue weighted by Crippen LogP contribution is 2.24. The first kappa shape index (κ1) is 53.2. The molecule has 64 heavy (non-hydrogen) atoms. The van der Waals surface area contributed by atoms with Crippen LogP contribution in [0.3, 0.4) is 0 Å². The number of hydrogen-bond donors (Lipinski definition) is 11. The number of ether oxygens (including phenoxy) is 1. The molecule has 0 radical (unpaired) electrons. The smallest absolute Gasteiger partial charge is 0.245 e. The summed E-state index contributed by atoms with van der Waals surface area (Å²) in [7, 11) is 0. The molecule has 1 saturated heterocycles. The second kappa shape index (κ2) is 28.0. The summed E-state index contributed by atoms with van der Waals surface area (Å²) in [6.07, 6.45) is 5.68. The van der Waals surface area contributed by atoms with Gasteiger partial charge in [-0.25, -0.2) is 4.98 Å². The van der Waals surface area contributed by atoms with Crippen molar-refractivity contribution < 1.29 is 48.5 Å². The summed E-state index contributed by atoms with van der Waals surface area (Å²) in [5.41, 5.74) is 12.6. The van der Waals surface area contributed by atoms with Gasteiger partial charge in [-0.2, -0.15) is 12.6 Å². The molecule has 0 spiro atoms. The van der Waals surface area contributed by atoms with Gasteiger partial charge in [0.1, 0.15) is 30.2 Å². The fraction of sp³-hybridized carbons (Fsp3) is 0.628. The lowest BCUT2D eigenvalue weighted by atomic mass is 10.0. The number of imidazole rings is 1. The van der Waals surface area contributed by atoms with E-state index in [9.17, 15) is 43.8 Å². The van der Waals surface area contributed by atoms with Crippen molar-refractivity contribution in [3.63, 3.8) is 0 Å². The number of thiol groups is 1. The second-order valence-electron chi connectivity index (χ2n) is 16.5. The van der Waals surface area contributed by atoms with Crippen molar-refractivity contribution in [1.29, 1.82) is 0 Å². The number of aliphatic hydroxyl groups is 2. The van der Waals surface area contributed by atoms with E-state index in [2.05, 4.69) is 61.3 Å². The average Bonchev–Trinajstić information content (AvgIpc) is 3.95. The van der Waals surface area contributed by atoms with E-state index in [0.717, 1.165) is 19.3 Å².